The van der Waals surface area contributed by atoms with Crippen LogP contribution in [0, 0.1) is 0 Å². The van der Waals surface area contributed by atoms with Gasteiger partial charge >= 0.3 is 56.3 Å². The molecule has 0 N–H and O–H groups in total. The van der Waals surface area contributed by atoms with Gasteiger partial charge in [0.25, 0.3) is 0 Å². The van der Waals surface area contributed by atoms with E-state index < -0.39 is 35.9 Å². The predicted octanol–water partition coefficient (Wildman–Crippen LogP) is 3.29. The van der Waals surface area contributed by atoms with Crippen LogP contribution < -0.4 is 0 Å². The molecule has 52 heavy (non-hydrogen) atoms. The molecule has 314 valence electrons. The van der Waals surface area contributed by atoms with E-state index in [1.54, 1.807) is 13.8 Å². The molecule has 0 saturated heterocycles. The zero-order valence-electron chi connectivity index (χ0n) is 33.5. The molecule has 0 radical (unpaired) electrons. The Bertz CT molecular complexity index is 900. The minimum atomic E-state index is -3.70. The van der Waals surface area contributed by atoms with E-state index in [0.717, 1.165) is 19.3 Å². The van der Waals surface area contributed by atoms with Gasteiger partial charge in [0.05, 0.1) is 0 Å². The molecule has 0 aliphatic rings. The Labute approximate surface area is 343 Å². The molecular formula is C29H66N2O14PdS2Si4. The monoisotopic (exact) mass is 948 g/mol. The predicted molar refractivity (Wildman–Crippen MR) is 205 cm³/mol. The van der Waals surface area contributed by atoms with Gasteiger partial charge in [-0.25, -0.2) is 0 Å². The Balaban J connectivity index is -0.000000923. The molecule has 0 aromatic heterocycles. The summed E-state index contributed by atoms with van der Waals surface area (Å²) < 4.78 is 71.6. The van der Waals surface area contributed by atoms with Crippen LogP contribution in [0.3, 0.4) is 0 Å². The molecule has 0 fully saturated rings. The number of unbranched alkanes of at least 4 members (excludes halogenated alkanes) is 1. The van der Waals surface area contributed by atoms with Crippen molar-refractivity contribution in [2.45, 2.75) is 92.6 Å². The number of carbonyl (C=O) groups excluding carboxylic acids is 2. The second-order valence-electron chi connectivity index (χ2n) is 10.4. The van der Waals surface area contributed by atoms with Crippen LogP contribution in [0.2, 0.25) is 0 Å². The molecule has 0 bridgehead atoms. The number of nitrogens with zero attached hydrogens (tertiary/aromatic N) is 2. The van der Waals surface area contributed by atoms with Crippen molar-refractivity contribution in [3.05, 3.63) is 0 Å². The normalized spacial score (nSPS) is 13.8. The Morgan fingerprint density at radius 2 is 0.827 bits per heavy atom. The van der Waals surface area contributed by atoms with Crippen LogP contribution in [0.5, 0.6) is 0 Å². The van der Waals surface area contributed by atoms with Crippen LogP contribution in [0.25, 0.3) is 0 Å². The van der Waals surface area contributed by atoms with Crippen LogP contribution in [0.4, 0.5) is 0 Å². The molecule has 0 spiro atoms. The van der Waals surface area contributed by atoms with Crippen molar-refractivity contribution in [2.75, 3.05) is 87.7 Å². The van der Waals surface area contributed by atoms with E-state index in [0.29, 0.717) is 50.8 Å². The summed E-state index contributed by atoms with van der Waals surface area (Å²) in [6.45, 7) is 12.5. The third kappa shape index (κ3) is 16.7. The minimum absolute atomic E-state index is 0. The van der Waals surface area contributed by atoms with E-state index in [1.165, 1.54) is 58.2 Å². The summed E-state index contributed by atoms with van der Waals surface area (Å²) in [7, 11) is -4.37. The molecule has 0 heterocycles. The molecule has 2 amide bonds. The first-order valence-corrected chi connectivity index (χ1v) is 25.1. The molecule has 2 atom stereocenters. The first-order chi connectivity index (χ1) is 24.3. The van der Waals surface area contributed by atoms with Gasteiger partial charge in [-0.05, 0) is 41.0 Å². The maximum atomic E-state index is 13.3. The van der Waals surface area contributed by atoms with Gasteiger partial charge in [0.1, 0.15) is 0 Å². The van der Waals surface area contributed by atoms with Gasteiger partial charge in [-0.1, -0.05) is 32.6 Å². The van der Waals surface area contributed by atoms with Crippen molar-refractivity contribution < 1.29 is 83.1 Å². The van der Waals surface area contributed by atoms with E-state index in [9.17, 15) is 9.59 Å². The van der Waals surface area contributed by atoms with Gasteiger partial charge in [-0.2, -0.15) is 11.5 Å². The fourth-order valence-electron chi connectivity index (χ4n) is 4.85. The molecular weight excluding hydrogens is 883 g/mol. The van der Waals surface area contributed by atoms with Gasteiger partial charge < -0.3 is 78.4 Å². The molecule has 0 saturated carbocycles. The molecule has 0 aliphatic heterocycles. The van der Waals surface area contributed by atoms with E-state index in [-0.39, 0.29) is 51.2 Å². The largest absolute Gasteiger partial charge is 2.00 e. The number of rotatable bonds is 30. The molecule has 16 nitrogen and oxygen atoms in total. The topological polar surface area (TPSA) is 151 Å². The van der Waals surface area contributed by atoms with Crippen molar-refractivity contribution in [2.24, 2.45) is 0 Å². The number of amides is 2. The Hall–Kier alpha value is 0.690. The summed E-state index contributed by atoms with van der Waals surface area (Å²) in [6.07, 6.45) is 4.17. The maximum absolute atomic E-state index is 13.3. The van der Waals surface area contributed by atoms with E-state index >= 15 is 0 Å². The number of hydrogen-bond donors (Lipinski definition) is 0. The van der Waals surface area contributed by atoms with Crippen molar-refractivity contribution in [1.29, 1.82) is 0 Å². The standard InChI is InChI=1S/C17H39NO7SSi2.C12H29NO7SSi2.Pd/c1-8-11-13-16(4)25-28(22-7,24-10-3)18(17(19)14-12-15-26)27(20-5,21-6)23-9-2;1-7-19-22(15-3,16-4)13(12(14)10-9-11-21)23(17-5,18-6)20-8-2;/h16,26H,8-15H2,1-7H3;21H,7-11H2,1-6H3;/q;;+2/p-2/t16-,28?;;/m1../s1. The summed E-state index contributed by atoms with van der Waals surface area (Å²) >= 11 is 9.94. The van der Waals surface area contributed by atoms with Gasteiger partial charge in [0, 0.05) is 95.1 Å². The average Bonchev–Trinajstić information content (AvgIpc) is 3.14. The van der Waals surface area contributed by atoms with Crippen molar-refractivity contribution in [1.82, 2.24) is 8.46 Å². The number of carbonyl (C=O) groups is 2. The smallest absolute Gasteiger partial charge is 0.793 e. The minimum Gasteiger partial charge on any atom is -0.793 e. The first-order valence-electron chi connectivity index (χ1n) is 17.3. The molecule has 23 heteroatoms. The fraction of sp³-hybridized carbons (Fsp3) is 0.931. The summed E-state index contributed by atoms with van der Waals surface area (Å²) in [6, 6.07) is 0. The van der Waals surface area contributed by atoms with E-state index in [1.807, 2.05) is 20.8 Å². The summed E-state index contributed by atoms with van der Waals surface area (Å²) in [4.78, 5) is 26.1. The maximum Gasteiger partial charge on any atom is 2.00 e. The summed E-state index contributed by atoms with van der Waals surface area (Å²) in [5.41, 5.74) is 0. The van der Waals surface area contributed by atoms with Crippen LogP contribution in [0.1, 0.15) is 86.5 Å². The molecule has 0 aliphatic carbocycles. The second kappa shape index (κ2) is 31.7. The van der Waals surface area contributed by atoms with Crippen LogP contribution in [-0.4, -0.2) is 150 Å². The van der Waals surface area contributed by atoms with Crippen molar-refractivity contribution in [3.8, 4) is 0 Å². The van der Waals surface area contributed by atoms with E-state index in [2.05, 4.69) is 6.92 Å². The second-order valence-corrected chi connectivity index (χ2v) is 22.3. The van der Waals surface area contributed by atoms with E-state index in [4.69, 9.17) is 78.4 Å². The Morgan fingerprint density at radius 3 is 1.08 bits per heavy atom. The summed E-state index contributed by atoms with van der Waals surface area (Å²) in [5.74, 6) is 0.374. The molecule has 1 unspecified atom stereocenters. The van der Waals surface area contributed by atoms with Gasteiger partial charge in [-0.15, -0.1) is 0 Å². The Kier molecular flexibility index (Phi) is 34.8. The van der Waals surface area contributed by atoms with Gasteiger partial charge in [0.15, 0.2) is 0 Å². The SMILES string of the molecule is CCCC[C@@H](C)O[Si](OC)(OCC)N(C(=O)CCC[S-])[Si](OC)(OC)OCC.CCO[Si](OC)(OC)N(C(=O)CCC[S-])[Si](OC)(OC)OCC.[Pd+2]. The van der Waals surface area contributed by atoms with Crippen molar-refractivity contribution in [3.63, 3.8) is 0 Å². The zero-order valence-corrected chi connectivity index (χ0v) is 40.7. The molecule has 0 aromatic rings. The quantitative estimate of drug-likeness (QED) is 0.0765. The van der Waals surface area contributed by atoms with Crippen molar-refractivity contribution >= 4 is 72.9 Å². The van der Waals surface area contributed by atoms with Crippen LogP contribution in [-0.2, 0) is 108 Å². The average molecular weight is 950 g/mol. The van der Waals surface area contributed by atoms with Gasteiger partial charge in [0.2, 0.25) is 11.8 Å². The molecule has 0 aromatic carbocycles. The van der Waals surface area contributed by atoms with Gasteiger partial charge in [-0.3, -0.25) is 18.1 Å². The van der Waals surface area contributed by atoms with Crippen LogP contribution >= 0.6 is 0 Å². The third-order valence-electron chi connectivity index (χ3n) is 7.09. The zero-order chi connectivity index (χ0) is 39.6. The first kappa shape index (κ1) is 57.0. The molecule has 0 rings (SSSR count). The van der Waals surface area contributed by atoms with Crippen LogP contribution in [0.15, 0.2) is 0 Å². The Morgan fingerprint density at radius 1 is 0.538 bits per heavy atom. The fourth-order valence-corrected chi connectivity index (χ4v) is 17.8. The third-order valence-corrected chi connectivity index (χ3v) is 21.1. The summed E-state index contributed by atoms with van der Waals surface area (Å²) in [5, 5.41) is 0. The number of hydrogen-bond acceptors (Lipinski definition) is 16.